The molecule has 0 radical (unpaired) electrons. The summed E-state index contributed by atoms with van der Waals surface area (Å²) in [6.45, 7) is 4.34. The van der Waals surface area contributed by atoms with Gasteiger partial charge in [0, 0.05) is 28.4 Å². The third kappa shape index (κ3) is 4.17. The van der Waals surface area contributed by atoms with E-state index in [1.807, 2.05) is 0 Å². The van der Waals surface area contributed by atoms with Crippen LogP contribution in [-0.4, -0.2) is 39.5 Å². The van der Waals surface area contributed by atoms with Gasteiger partial charge in [0.15, 0.2) is 0 Å². The molecular weight excluding hydrogens is 363 g/mol. The van der Waals surface area contributed by atoms with Crippen LogP contribution in [0, 0.1) is 10.7 Å². The lowest BCUT2D eigenvalue weighted by Crippen LogP contribution is -2.26. The number of rotatable bonds is 8. The number of benzene rings is 1. The van der Waals surface area contributed by atoms with Crippen molar-refractivity contribution >= 4 is 29.4 Å². The zero-order chi connectivity index (χ0) is 18.5. The molecule has 2 heterocycles. The number of hydrogen-bond donors (Lipinski definition) is 1. The van der Waals surface area contributed by atoms with Gasteiger partial charge in [-0.1, -0.05) is 11.8 Å². The Balaban J connectivity index is 1.65. The number of carbonyl (C=O) groups is 1. The quantitative estimate of drug-likeness (QED) is 0.557. The van der Waals surface area contributed by atoms with Gasteiger partial charge in [0.2, 0.25) is 0 Å². The number of amides is 1. The zero-order valence-corrected chi connectivity index (χ0v) is 14.4. The van der Waals surface area contributed by atoms with Gasteiger partial charge in [-0.15, -0.1) is 10.0 Å². The first-order chi connectivity index (χ1) is 12.6. The summed E-state index contributed by atoms with van der Waals surface area (Å²) in [6.07, 6.45) is 2.25. The molecule has 1 amide bonds. The third-order valence-electron chi connectivity index (χ3n) is 3.60. The minimum Gasteiger partial charge on any atom is -0.442 e. The van der Waals surface area contributed by atoms with Crippen LogP contribution in [0.4, 0.5) is 20.6 Å². The van der Waals surface area contributed by atoms with E-state index < -0.39 is 18.0 Å². The van der Waals surface area contributed by atoms with Crippen LogP contribution in [0.2, 0.25) is 0 Å². The summed E-state index contributed by atoms with van der Waals surface area (Å²) in [5, 5.41) is 10.3. The summed E-state index contributed by atoms with van der Waals surface area (Å²) < 4.78 is 23.8. The molecule has 11 heteroatoms. The van der Waals surface area contributed by atoms with Crippen LogP contribution in [0.5, 0.6) is 0 Å². The minimum atomic E-state index is -0.555. The predicted octanol–water partition coefficient (Wildman–Crippen LogP) is 2.78. The van der Waals surface area contributed by atoms with Crippen molar-refractivity contribution in [2.45, 2.75) is 12.6 Å². The zero-order valence-electron chi connectivity index (χ0n) is 13.5. The van der Waals surface area contributed by atoms with Crippen LogP contribution in [0.3, 0.4) is 0 Å². The van der Waals surface area contributed by atoms with Gasteiger partial charge in [-0.3, -0.25) is 4.90 Å². The molecule has 3 rings (SSSR count). The van der Waals surface area contributed by atoms with Crippen molar-refractivity contribution in [1.82, 2.24) is 15.0 Å². The third-order valence-corrected chi connectivity index (χ3v) is 4.19. The molecule has 1 N–H and O–H groups in total. The Hall–Kier alpha value is -2.95. The first-order valence-corrected chi connectivity index (χ1v) is 8.52. The maximum Gasteiger partial charge on any atom is 0.414 e. The van der Waals surface area contributed by atoms with E-state index >= 15 is 0 Å². The van der Waals surface area contributed by atoms with Crippen molar-refractivity contribution in [1.29, 1.82) is 0 Å². The molecule has 1 aromatic heterocycles. The summed E-state index contributed by atoms with van der Waals surface area (Å²) >= 11 is 0.771. The molecule has 1 atom stereocenters. The average Bonchev–Trinajstić information content (AvgIpc) is 3.25. The van der Waals surface area contributed by atoms with Crippen LogP contribution in [0.25, 0.3) is 0 Å². The molecule has 0 unspecified atom stereocenters. The number of aromatic nitrogens is 3. The van der Waals surface area contributed by atoms with E-state index in [1.165, 1.54) is 23.2 Å². The monoisotopic (exact) mass is 378 g/mol. The second-order valence-electron chi connectivity index (χ2n) is 5.48. The van der Waals surface area contributed by atoms with Crippen molar-refractivity contribution in [3.63, 3.8) is 0 Å². The number of nitrogens with zero attached hydrogens (tertiary/aromatic N) is 5. The summed E-state index contributed by atoms with van der Waals surface area (Å²) in [5.74, 6) is -0.326. The van der Waals surface area contributed by atoms with Crippen LogP contribution < -0.4 is 10.2 Å². The fraction of sp³-hybridized carbons (Fsp3) is 0.267. The number of nitroso groups, excluding NO2 is 1. The number of anilines is 2. The van der Waals surface area contributed by atoms with Gasteiger partial charge in [-0.2, -0.15) is 0 Å². The van der Waals surface area contributed by atoms with Crippen molar-refractivity contribution < 1.29 is 13.9 Å². The molecule has 26 heavy (non-hydrogen) atoms. The molecule has 2 aromatic rings. The molecule has 136 valence electrons. The van der Waals surface area contributed by atoms with Crippen LogP contribution in [-0.2, 0) is 11.3 Å². The van der Waals surface area contributed by atoms with Crippen LogP contribution >= 0.6 is 11.9 Å². The molecule has 0 spiro atoms. The largest absolute Gasteiger partial charge is 0.442 e. The Labute approximate surface area is 152 Å². The Bertz CT molecular complexity index is 816. The Kier molecular flexibility index (Phi) is 5.46. The maximum absolute atomic E-state index is 14.3. The number of ether oxygens (including phenoxy) is 1. The smallest absolute Gasteiger partial charge is 0.414 e. The van der Waals surface area contributed by atoms with Gasteiger partial charge >= 0.3 is 6.09 Å². The Morgan fingerprint density at radius 1 is 1.54 bits per heavy atom. The molecule has 9 nitrogen and oxygen atoms in total. The molecular formula is C15H15FN6O3S. The lowest BCUT2D eigenvalue weighted by atomic mass is 10.2. The number of hydrogen-bond acceptors (Lipinski definition) is 8. The fourth-order valence-electron chi connectivity index (χ4n) is 2.47. The summed E-state index contributed by atoms with van der Waals surface area (Å²) in [4.78, 5) is 23.5. The minimum absolute atomic E-state index is 0.192. The number of cyclic esters (lactones) is 1. The average molecular weight is 378 g/mol. The molecule has 0 bridgehead atoms. The highest BCUT2D eigenvalue weighted by molar-refractivity contribution is 7.98. The van der Waals surface area contributed by atoms with Gasteiger partial charge in [-0.25, -0.2) is 13.9 Å². The Morgan fingerprint density at radius 2 is 2.38 bits per heavy atom. The normalized spacial score (nSPS) is 16.4. The second-order valence-corrected chi connectivity index (χ2v) is 6.18. The number of carbonyl (C=O) groups excluding carboxylic acids is 1. The highest BCUT2D eigenvalue weighted by Gasteiger charge is 2.33. The molecule has 1 aliphatic heterocycles. The lowest BCUT2D eigenvalue weighted by molar-refractivity contribution is 0.129. The van der Waals surface area contributed by atoms with Gasteiger partial charge < -0.3 is 10.1 Å². The first kappa shape index (κ1) is 17.9. The van der Waals surface area contributed by atoms with Crippen molar-refractivity contribution in [3.8, 4) is 0 Å². The fourth-order valence-corrected chi connectivity index (χ4v) is 2.75. The SMILES string of the molecule is C=C(CSN=O)Nc1ccc(N2C[C@H](Cn3ccnn3)OC2=O)cc1F. The first-order valence-electron chi connectivity index (χ1n) is 7.58. The molecule has 0 saturated carbocycles. The Morgan fingerprint density at radius 3 is 3.08 bits per heavy atom. The van der Waals surface area contributed by atoms with Gasteiger partial charge in [0.1, 0.15) is 11.9 Å². The standard InChI is InChI=1S/C15H15FN6O3S/c1-10(9-26-20-24)18-14-3-2-11(6-13(14)16)22-8-12(25-15(22)23)7-21-5-4-17-19-21/h2-6,12,18H,1,7-9H2/t12-/m0/s1. The summed E-state index contributed by atoms with van der Waals surface area (Å²) in [5.41, 5.74) is 1.01. The topological polar surface area (TPSA) is 102 Å². The van der Waals surface area contributed by atoms with Crippen molar-refractivity contribution in [3.05, 3.63) is 53.6 Å². The van der Waals surface area contributed by atoms with E-state index in [0.717, 1.165) is 11.9 Å². The van der Waals surface area contributed by atoms with Crippen molar-refractivity contribution in [2.24, 2.45) is 4.58 Å². The van der Waals surface area contributed by atoms with Gasteiger partial charge in [-0.05, 0) is 18.2 Å². The highest BCUT2D eigenvalue weighted by atomic mass is 32.2. The molecule has 1 aliphatic rings. The van der Waals surface area contributed by atoms with E-state index in [0.29, 0.717) is 17.9 Å². The number of nitrogens with one attached hydrogen (secondary N) is 1. The van der Waals surface area contributed by atoms with Crippen LogP contribution in [0.15, 0.2) is 47.5 Å². The second kappa shape index (κ2) is 7.95. The summed E-state index contributed by atoms with van der Waals surface area (Å²) in [6, 6.07) is 4.33. The predicted molar refractivity (Wildman–Crippen MR) is 95.1 cm³/mol. The molecule has 0 aliphatic carbocycles. The van der Waals surface area contributed by atoms with Gasteiger partial charge in [0.05, 0.1) is 36.4 Å². The van der Waals surface area contributed by atoms with E-state index in [1.54, 1.807) is 16.9 Å². The molecule has 1 aromatic carbocycles. The van der Waals surface area contributed by atoms with Gasteiger partial charge in [0.25, 0.3) is 0 Å². The highest BCUT2D eigenvalue weighted by Crippen LogP contribution is 2.27. The number of halogens is 1. The van der Waals surface area contributed by atoms with E-state index in [4.69, 9.17) is 4.74 Å². The van der Waals surface area contributed by atoms with E-state index in [2.05, 4.69) is 26.8 Å². The van der Waals surface area contributed by atoms with Crippen LogP contribution in [0.1, 0.15) is 0 Å². The summed E-state index contributed by atoms with van der Waals surface area (Å²) in [7, 11) is 0. The lowest BCUT2D eigenvalue weighted by Gasteiger charge is -2.15. The maximum atomic E-state index is 14.3. The molecule has 1 saturated heterocycles. The molecule has 1 fully saturated rings. The van der Waals surface area contributed by atoms with E-state index in [9.17, 15) is 14.1 Å². The van der Waals surface area contributed by atoms with E-state index in [-0.39, 0.29) is 18.0 Å². The van der Waals surface area contributed by atoms with Crippen molar-refractivity contribution in [2.75, 3.05) is 22.5 Å².